The molecule has 0 aliphatic carbocycles. The predicted octanol–water partition coefficient (Wildman–Crippen LogP) is 9.68. The molecule has 0 amide bonds. The van der Waals surface area contributed by atoms with E-state index in [-0.39, 0.29) is 11.1 Å². The Bertz CT molecular complexity index is 1490. The second-order valence-corrected chi connectivity index (χ2v) is 16.4. The molecule has 190 valence electrons. The van der Waals surface area contributed by atoms with Gasteiger partial charge in [0.2, 0.25) is 0 Å². The summed E-state index contributed by atoms with van der Waals surface area (Å²) in [6.45, 7) is 11.7. The van der Waals surface area contributed by atoms with E-state index < -0.39 is 8.32 Å². The molecule has 0 spiro atoms. The van der Waals surface area contributed by atoms with E-state index in [1.165, 1.54) is 22.3 Å². The summed E-state index contributed by atoms with van der Waals surface area (Å²) in [6.07, 6.45) is 2.91. The predicted molar refractivity (Wildman–Crippen MR) is 159 cm³/mol. The first-order valence-electron chi connectivity index (χ1n) is 13.4. The lowest BCUT2D eigenvalue weighted by atomic mass is 9.94. The van der Waals surface area contributed by atoms with Crippen LogP contribution in [0, 0.1) is 0 Å². The van der Waals surface area contributed by atoms with E-state index in [4.69, 9.17) is 8.84 Å². The molecule has 1 unspecified atom stereocenters. The number of para-hydroxylation sites is 1. The summed E-state index contributed by atoms with van der Waals surface area (Å²) in [6, 6.07) is 34.6. The number of hydrogen-bond donors (Lipinski definition) is 0. The first-order valence-corrected chi connectivity index (χ1v) is 16.3. The largest absolute Gasteiger partial charge is 0.456 e. The normalized spacial score (nSPS) is 13.3. The van der Waals surface area contributed by atoms with E-state index in [1.54, 1.807) is 0 Å². The monoisotopic (exact) mass is 506 g/mol. The van der Waals surface area contributed by atoms with Crippen molar-refractivity contribution >= 4 is 30.3 Å². The Morgan fingerprint density at radius 3 is 2.11 bits per heavy atom. The van der Waals surface area contributed by atoms with Gasteiger partial charge in [-0.15, -0.1) is 0 Å². The first kappa shape index (κ1) is 25.5. The van der Waals surface area contributed by atoms with Gasteiger partial charge in [-0.05, 0) is 71.4 Å². The third kappa shape index (κ3) is 5.58. The van der Waals surface area contributed by atoms with Crippen molar-refractivity contribution in [2.45, 2.75) is 64.3 Å². The van der Waals surface area contributed by atoms with Crippen LogP contribution in [0.25, 0.3) is 21.9 Å². The maximum absolute atomic E-state index is 7.16. The fourth-order valence-electron chi connectivity index (χ4n) is 4.83. The minimum atomic E-state index is -2.02. The van der Waals surface area contributed by atoms with Gasteiger partial charge in [-0.25, -0.2) is 0 Å². The molecule has 0 aliphatic rings. The van der Waals surface area contributed by atoms with Gasteiger partial charge in [-0.1, -0.05) is 99.6 Å². The lowest BCUT2D eigenvalue weighted by Crippen LogP contribution is -2.42. The van der Waals surface area contributed by atoms with Crippen LogP contribution in [0.1, 0.15) is 49.1 Å². The zero-order chi connectivity index (χ0) is 26.0. The number of aryl methyl sites for hydroxylation is 2. The molecule has 1 heterocycles. The molecule has 0 fully saturated rings. The number of benzene rings is 4. The van der Waals surface area contributed by atoms with Gasteiger partial charge in [0.1, 0.15) is 11.2 Å². The number of fused-ring (bicyclic) bond motifs is 3. The van der Waals surface area contributed by atoms with Gasteiger partial charge in [0.25, 0.3) is 0 Å². The van der Waals surface area contributed by atoms with E-state index in [0.29, 0.717) is 0 Å². The van der Waals surface area contributed by atoms with Gasteiger partial charge < -0.3 is 8.84 Å². The van der Waals surface area contributed by atoms with Crippen molar-refractivity contribution in [3.05, 3.63) is 119 Å². The molecule has 0 saturated heterocycles. The molecule has 0 aliphatic heterocycles. The van der Waals surface area contributed by atoms with Crippen molar-refractivity contribution < 1.29 is 8.84 Å². The van der Waals surface area contributed by atoms with E-state index in [0.717, 1.165) is 41.2 Å². The summed E-state index contributed by atoms with van der Waals surface area (Å²) in [4.78, 5) is 0. The Morgan fingerprint density at radius 1 is 0.703 bits per heavy atom. The molecule has 0 N–H and O–H groups in total. The average molecular weight is 507 g/mol. The van der Waals surface area contributed by atoms with E-state index in [2.05, 4.69) is 119 Å². The number of furan rings is 1. The van der Waals surface area contributed by atoms with Crippen molar-refractivity contribution in [2.75, 3.05) is 0 Å². The Hall–Kier alpha value is -3.14. The second kappa shape index (κ2) is 10.3. The standard InChI is InChI=1S/C34H38O2Si/c1-34(2,3)37(4,5)36-33(28-21-22-32-30(23-28)29-17-11-12-18-31(29)35-32)24-27-16-10-9-15-26(27)20-19-25-13-7-6-8-14-25/h6-18,21-23,33H,19-20,24H2,1-5H3. The molecular weight excluding hydrogens is 468 g/mol. The van der Waals surface area contributed by atoms with Crippen molar-refractivity contribution in [2.24, 2.45) is 0 Å². The highest BCUT2D eigenvalue weighted by atomic mass is 28.4. The van der Waals surface area contributed by atoms with Crippen LogP contribution >= 0.6 is 0 Å². The molecular formula is C34H38O2Si. The fourth-order valence-corrected chi connectivity index (χ4v) is 6.11. The maximum atomic E-state index is 7.16. The molecule has 0 bridgehead atoms. The number of rotatable bonds is 8. The first-order chi connectivity index (χ1) is 17.7. The Kier molecular flexibility index (Phi) is 7.11. The highest BCUT2D eigenvalue weighted by Crippen LogP contribution is 2.41. The van der Waals surface area contributed by atoms with Crippen molar-refractivity contribution in [1.82, 2.24) is 0 Å². The average Bonchev–Trinajstić information content (AvgIpc) is 3.25. The maximum Gasteiger partial charge on any atom is 0.192 e. The molecule has 1 aromatic heterocycles. The van der Waals surface area contributed by atoms with Crippen LogP contribution in [-0.2, 0) is 23.7 Å². The summed E-state index contributed by atoms with van der Waals surface area (Å²) < 4.78 is 13.3. The van der Waals surface area contributed by atoms with Gasteiger partial charge in [0.15, 0.2) is 8.32 Å². The van der Waals surface area contributed by atoms with Crippen LogP contribution in [0.4, 0.5) is 0 Å². The summed E-state index contributed by atoms with van der Waals surface area (Å²) in [5.74, 6) is 0. The van der Waals surface area contributed by atoms with E-state index in [9.17, 15) is 0 Å². The van der Waals surface area contributed by atoms with Crippen LogP contribution in [-0.4, -0.2) is 8.32 Å². The molecule has 4 aromatic carbocycles. The Labute approximate surface area is 222 Å². The summed E-state index contributed by atoms with van der Waals surface area (Å²) in [5.41, 5.74) is 7.25. The Balaban J connectivity index is 1.51. The summed E-state index contributed by atoms with van der Waals surface area (Å²) in [7, 11) is -2.02. The van der Waals surface area contributed by atoms with Crippen molar-refractivity contribution in [3.63, 3.8) is 0 Å². The van der Waals surface area contributed by atoms with Gasteiger partial charge in [-0.2, -0.15) is 0 Å². The zero-order valence-electron chi connectivity index (χ0n) is 22.8. The van der Waals surface area contributed by atoms with Crippen molar-refractivity contribution in [3.8, 4) is 0 Å². The molecule has 5 aromatic rings. The molecule has 0 saturated carbocycles. The second-order valence-electron chi connectivity index (χ2n) is 11.7. The lowest BCUT2D eigenvalue weighted by Gasteiger charge is -2.39. The minimum Gasteiger partial charge on any atom is -0.456 e. The van der Waals surface area contributed by atoms with Gasteiger partial charge in [-0.3, -0.25) is 0 Å². The van der Waals surface area contributed by atoms with Crippen LogP contribution < -0.4 is 0 Å². The van der Waals surface area contributed by atoms with Gasteiger partial charge in [0.05, 0.1) is 6.10 Å². The molecule has 2 nitrogen and oxygen atoms in total. The number of hydrogen-bond acceptors (Lipinski definition) is 2. The summed E-state index contributed by atoms with van der Waals surface area (Å²) >= 11 is 0. The van der Waals surface area contributed by atoms with Gasteiger partial charge in [0, 0.05) is 17.2 Å². The SMILES string of the molecule is CC(C)(C)[Si](C)(C)OC(Cc1ccccc1CCc1ccccc1)c1ccc2oc3ccccc3c2c1. The lowest BCUT2D eigenvalue weighted by molar-refractivity contribution is 0.183. The third-order valence-corrected chi connectivity index (χ3v) is 12.6. The minimum absolute atomic E-state index is 0.0168. The van der Waals surface area contributed by atoms with E-state index in [1.807, 2.05) is 12.1 Å². The van der Waals surface area contributed by atoms with Crippen LogP contribution in [0.15, 0.2) is 101 Å². The molecule has 0 radical (unpaired) electrons. The van der Waals surface area contributed by atoms with Crippen LogP contribution in [0.3, 0.4) is 0 Å². The highest BCUT2D eigenvalue weighted by molar-refractivity contribution is 6.74. The van der Waals surface area contributed by atoms with Crippen LogP contribution in [0.2, 0.25) is 18.1 Å². The quantitative estimate of drug-likeness (QED) is 0.195. The Morgan fingerprint density at radius 2 is 1.35 bits per heavy atom. The van der Waals surface area contributed by atoms with Gasteiger partial charge >= 0.3 is 0 Å². The van der Waals surface area contributed by atoms with Crippen LogP contribution in [0.5, 0.6) is 0 Å². The highest BCUT2D eigenvalue weighted by Gasteiger charge is 2.39. The molecule has 3 heteroatoms. The smallest absolute Gasteiger partial charge is 0.192 e. The van der Waals surface area contributed by atoms with Crippen molar-refractivity contribution in [1.29, 1.82) is 0 Å². The zero-order valence-corrected chi connectivity index (χ0v) is 23.8. The fraction of sp³-hybridized carbons (Fsp3) is 0.294. The molecule has 1 atom stereocenters. The topological polar surface area (TPSA) is 22.4 Å². The molecule has 37 heavy (non-hydrogen) atoms. The summed E-state index contributed by atoms with van der Waals surface area (Å²) in [5, 5.41) is 2.45. The third-order valence-electron chi connectivity index (χ3n) is 8.07. The molecule has 5 rings (SSSR count). The van der Waals surface area contributed by atoms with E-state index >= 15 is 0 Å².